The number of hydrogen-bond donors (Lipinski definition) is 0. The molecule has 0 saturated carbocycles. The molecule has 0 bridgehead atoms. The Hall–Kier alpha value is -1.18. The van der Waals surface area contributed by atoms with Crippen LogP contribution >= 0.6 is 23.2 Å². The highest BCUT2D eigenvalue weighted by atomic mass is 35.5. The van der Waals surface area contributed by atoms with Crippen LogP contribution < -0.4 is 4.74 Å². The molecular formula is C15H14Cl2O. The van der Waals surface area contributed by atoms with Crippen molar-refractivity contribution in [3.63, 3.8) is 0 Å². The van der Waals surface area contributed by atoms with E-state index in [1.807, 2.05) is 55.5 Å². The van der Waals surface area contributed by atoms with Crippen molar-refractivity contribution < 1.29 is 4.74 Å². The minimum absolute atomic E-state index is 0.784. The number of alkyl halides is 2. The zero-order chi connectivity index (χ0) is 13.2. The number of hydrogen-bond acceptors (Lipinski definition) is 1. The largest absolute Gasteiger partial charge is 0.497 e. The summed E-state index contributed by atoms with van der Waals surface area (Å²) in [7, 11) is 1.63. The SMILES string of the molecule is COc1ccc(C(Cl)(Cl)c2cccc(C)c2)cc1. The van der Waals surface area contributed by atoms with Crippen LogP contribution in [0.4, 0.5) is 0 Å². The van der Waals surface area contributed by atoms with E-state index in [0.717, 1.165) is 22.4 Å². The monoisotopic (exact) mass is 280 g/mol. The molecule has 0 saturated heterocycles. The fourth-order valence-electron chi connectivity index (χ4n) is 1.81. The fraction of sp³-hybridized carbons (Fsp3) is 0.200. The lowest BCUT2D eigenvalue weighted by Gasteiger charge is -2.21. The number of halogens is 2. The molecule has 2 aromatic carbocycles. The summed E-state index contributed by atoms with van der Waals surface area (Å²) in [4.78, 5) is 0. The fourth-order valence-corrected chi connectivity index (χ4v) is 2.29. The van der Waals surface area contributed by atoms with E-state index >= 15 is 0 Å². The van der Waals surface area contributed by atoms with Gasteiger partial charge in [0, 0.05) is 0 Å². The predicted molar refractivity (Wildman–Crippen MR) is 76.7 cm³/mol. The van der Waals surface area contributed by atoms with Gasteiger partial charge in [-0.3, -0.25) is 0 Å². The van der Waals surface area contributed by atoms with Crippen molar-refractivity contribution in [2.45, 2.75) is 11.3 Å². The van der Waals surface area contributed by atoms with E-state index in [9.17, 15) is 0 Å². The summed E-state index contributed by atoms with van der Waals surface area (Å²) in [5.41, 5.74) is 2.83. The van der Waals surface area contributed by atoms with Gasteiger partial charge < -0.3 is 4.74 Å². The van der Waals surface area contributed by atoms with Crippen molar-refractivity contribution in [1.82, 2.24) is 0 Å². The maximum Gasteiger partial charge on any atom is 0.168 e. The third-order valence-electron chi connectivity index (χ3n) is 2.83. The molecule has 1 nitrogen and oxygen atoms in total. The van der Waals surface area contributed by atoms with Gasteiger partial charge in [0.2, 0.25) is 0 Å². The van der Waals surface area contributed by atoms with Gasteiger partial charge in [-0.25, -0.2) is 0 Å². The van der Waals surface area contributed by atoms with E-state index in [1.54, 1.807) is 7.11 Å². The van der Waals surface area contributed by atoms with Crippen molar-refractivity contribution in [3.05, 3.63) is 65.2 Å². The summed E-state index contributed by atoms with van der Waals surface area (Å²) < 4.78 is 4.08. The first-order chi connectivity index (χ1) is 8.54. The topological polar surface area (TPSA) is 9.23 Å². The molecule has 2 aromatic rings. The van der Waals surface area contributed by atoms with E-state index in [2.05, 4.69) is 0 Å². The Bertz CT molecular complexity index is 532. The minimum Gasteiger partial charge on any atom is -0.497 e. The summed E-state index contributed by atoms with van der Waals surface area (Å²) in [5.74, 6) is 0.784. The molecule has 0 aliphatic heterocycles. The first-order valence-electron chi connectivity index (χ1n) is 5.63. The zero-order valence-corrected chi connectivity index (χ0v) is 11.8. The average Bonchev–Trinajstić information content (AvgIpc) is 2.39. The van der Waals surface area contributed by atoms with Gasteiger partial charge in [0.05, 0.1) is 7.11 Å². The van der Waals surface area contributed by atoms with Gasteiger partial charge in [-0.1, -0.05) is 65.2 Å². The van der Waals surface area contributed by atoms with Crippen molar-refractivity contribution in [3.8, 4) is 5.75 Å². The van der Waals surface area contributed by atoms with E-state index in [1.165, 1.54) is 0 Å². The van der Waals surface area contributed by atoms with Crippen LogP contribution in [-0.2, 0) is 4.33 Å². The van der Waals surface area contributed by atoms with E-state index in [0.29, 0.717) is 0 Å². The molecule has 0 radical (unpaired) electrons. The van der Waals surface area contributed by atoms with Gasteiger partial charge >= 0.3 is 0 Å². The third kappa shape index (κ3) is 2.63. The molecule has 18 heavy (non-hydrogen) atoms. The molecule has 0 atom stereocenters. The van der Waals surface area contributed by atoms with Crippen molar-refractivity contribution in [2.75, 3.05) is 7.11 Å². The quantitative estimate of drug-likeness (QED) is 0.742. The maximum atomic E-state index is 6.48. The van der Waals surface area contributed by atoms with Crippen LogP contribution in [0.2, 0.25) is 0 Å². The van der Waals surface area contributed by atoms with Gasteiger partial charge in [0.1, 0.15) is 5.75 Å². The average molecular weight is 281 g/mol. The Balaban J connectivity index is 2.40. The van der Waals surface area contributed by atoms with Crippen molar-refractivity contribution in [1.29, 1.82) is 0 Å². The highest BCUT2D eigenvalue weighted by Crippen LogP contribution is 2.41. The van der Waals surface area contributed by atoms with Gasteiger partial charge in [-0.05, 0) is 30.2 Å². The standard InChI is InChI=1S/C15H14Cl2O/c1-11-4-3-5-13(10-11)15(16,17)12-6-8-14(18-2)9-7-12/h3-10H,1-2H3. The molecule has 0 fully saturated rings. The Morgan fingerprint density at radius 3 is 2.17 bits per heavy atom. The second-order valence-electron chi connectivity index (χ2n) is 4.17. The highest BCUT2D eigenvalue weighted by molar-refractivity contribution is 6.50. The Labute approximate surface area is 117 Å². The van der Waals surface area contributed by atoms with Crippen LogP contribution in [0.3, 0.4) is 0 Å². The molecule has 0 unspecified atom stereocenters. The van der Waals surface area contributed by atoms with Gasteiger partial charge in [0.15, 0.2) is 4.33 Å². The number of rotatable bonds is 3. The van der Waals surface area contributed by atoms with Crippen LogP contribution in [0.1, 0.15) is 16.7 Å². The molecule has 0 aromatic heterocycles. The lowest BCUT2D eigenvalue weighted by molar-refractivity contribution is 0.414. The zero-order valence-electron chi connectivity index (χ0n) is 10.3. The molecule has 3 heteroatoms. The smallest absolute Gasteiger partial charge is 0.168 e. The molecule has 0 heterocycles. The molecular weight excluding hydrogens is 267 g/mol. The number of aryl methyl sites for hydroxylation is 1. The Kier molecular flexibility index (Phi) is 3.84. The second-order valence-corrected chi connectivity index (χ2v) is 5.50. The lowest BCUT2D eigenvalue weighted by atomic mass is 10.0. The molecule has 0 aliphatic carbocycles. The number of methoxy groups -OCH3 is 1. The molecule has 0 amide bonds. The Morgan fingerprint density at radius 1 is 0.944 bits per heavy atom. The number of ether oxygens (including phenoxy) is 1. The lowest BCUT2D eigenvalue weighted by Crippen LogP contribution is -2.12. The molecule has 2 rings (SSSR count). The summed E-state index contributed by atoms with van der Waals surface area (Å²) in [5, 5.41) is 0. The first-order valence-corrected chi connectivity index (χ1v) is 6.39. The molecule has 0 spiro atoms. The maximum absolute atomic E-state index is 6.48. The third-order valence-corrected chi connectivity index (χ3v) is 3.71. The highest BCUT2D eigenvalue weighted by Gasteiger charge is 2.28. The van der Waals surface area contributed by atoms with Gasteiger partial charge in [0.25, 0.3) is 0 Å². The summed E-state index contributed by atoms with van der Waals surface area (Å²) >= 11 is 13.0. The summed E-state index contributed by atoms with van der Waals surface area (Å²) in [6.45, 7) is 2.02. The molecule has 0 aliphatic rings. The van der Waals surface area contributed by atoms with E-state index in [-0.39, 0.29) is 0 Å². The van der Waals surface area contributed by atoms with Crippen LogP contribution in [0.15, 0.2) is 48.5 Å². The summed E-state index contributed by atoms with van der Waals surface area (Å²) in [6.07, 6.45) is 0. The van der Waals surface area contributed by atoms with E-state index in [4.69, 9.17) is 27.9 Å². The van der Waals surface area contributed by atoms with Crippen LogP contribution in [0, 0.1) is 6.92 Å². The minimum atomic E-state index is -1.04. The van der Waals surface area contributed by atoms with Crippen molar-refractivity contribution in [2.24, 2.45) is 0 Å². The van der Waals surface area contributed by atoms with Crippen LogP contribution in [0.5, 0.6) is 5.75 Å². The van der Waals surface area contributed by atoms with Gasteiger partial charge in [-0.15, -0.1) is 0 Å². The van der Waals surface area contributed by atoms with E-state index < -0.39 is 4.33 Å². The molecule has 94 valence electrons. The van der Waals surface area contributed by atoms with Crippen molar-refractivity contribution >= 4 is 23.2 Å². The first kappa shape index (κ1) is 13.3. The molecule has 0 N–H and O–H groups in total. The van der Waals surface area contributed by atoms with Crippen LogP contribution in [0.25, 0.3) is 0 Å². The van der Waals surface area contributed by atoms with Crippen LogP contribution in [-0.4, -0.2) is 7.11 Å². The predicted octanol–water partition coefficient (Wildman–Crippen LogP) is 4.68. The Morgan fingerprint density at radius 2 is 1.61 bits per heavy atom. The normalized spacial score (nSPS) is 11.3. The second kappa shape index (κ2) is 5.21. The number of benzene rings is 2. The van der Waals surface area contributed by atoms with Gasteiger partial charge in [-0.2, -0.15) is 0 Å². The summed E-state index contributed by atoms with van der Waals surface area (Å²) in [6, 6.07) is 15.3.